The first-order valence-electron chi connectivity index (χ1n) is 6.08. The van der Waals surface area contributed by atoms with Crippen LogP contribution in [0.25, 0.3) is 5.73 Å². The van der Waals surface area contributed by atoms with Crippen LogP contribution in [0.4, 0.5) is 26.3 Å². The molecule has 0 amide bonds. The predicted molar refractivity (Wildman–Crippen MR) is 83.0 cm³/mol. The van der Waals surface area contributed by atoms with Gasteiger partial charge in [0.25, 0.3) is 0 Å². The van der Waals surface area contributed by atoms with Crippen LogP contribution in [0.3, 0.4) is 0 Å². The maximum absolute atomic E-state index is 11.4. The van der Waals surface area contributed by atoms with Gasteiger partial charge in [-0.1, -0.05) is 0 Å². The molecule has 0 heterocycles. The van der Waals surface area contributed by atoms with Crippen LogP contribution in [0.5, 0.6) is 0 Å². The largest absolute Gasteiger partial charge is 6.00 e. The molecule has 0 saturated heterocycles. The third-order valence-corrected chi connectivity index (χ3v) is 2.82. The van der Waals surface area contributed by atoms with Gasteiger partial charge in [-0.15, -0.1) is 0 Å². The Labute approximate surface area is 160 Å². The number of halogens is 6. The Morgan fingerprint density at radius 3 is 1.50 bits per heavy atom. The van der Waals surface area contributed by atoms with Crippen LogP contribution in [-0.4, -0.2) is 45.4 Å². The van der Waals surface area contributed by atoms with Crippen LogP contribution in [0.1, 0.15) is 0 Å². The molecule has 1 aromatic rings. The van der Waals surface area contributed by atoms with Crippen molar-refractivity contribution in [2.45, 2.75) is 12.4 Å². The van der Waals surface area contributed by atoms with Crippen LogP contribution in [-0.2, 0) is 33.0 Å². The summed E-state index contributed by atoms with van der Waals surface area (Å²) in [6, 6.07) is 10.0. The van der Waals surface area contributed by atoms with Crippen LogP contribution in [0.15, 0.2) is 35.3 Å². The SMILES string of the molecule is CO[PH+](OC)OC.N=C(N=C([NH-])C(F)(F)F)C(F)(F)F.[Ru+6].c1cc[cH-]c1. The normalized spacial score (nSPS) is 11.5. The first-order chi connectivity index (χ1) is 11.4. The molecule has 1 aromatic carbocycles. The van der Waals surface area contributed by atoms with Gasteiger partial charge in [-0.05, 0) is 0 Å². The second-order valence-corrected chi connectivity index (χ2v) is 5.35. The molecular formula is C12H17F6N3O3PRu+5. The van der Waals surface area contributed by atoms with Crippen molar-refractivity contribution < 1.29 is 59.4 Å². The average Bonchev–Trinajstić information content (AvgIpc) is 3.07. The summed E-state index contributed by atoms with van der Waals surface area (Å²) in [6.45, 7) is 0. The quantitative estimate of drug-likeness (QED) is 0.162. The zero-order valence-electron chi connectivity index (χ0n) is 13.7. The van der Waals surface area contributed by atoms with E-state index in [-0.39, 0.29) is 19.5 Å². The summed E-state index contributed by atoms with van der Waals surface area (Å²) in [5.74, 6) is -4.90. The van der Waals surface area contributed by atoms with Crippen molar-refractivity contribution in [3.8, 4) is 0 Å². The Balaban J connectivity index is -0.000000340. The van der Waals surface area contributed by atoms with E-state index in [4.69, 9.17) is 24.7 Å². The number of amidine groups is 2. The van der Waals surface area contributed by atoms with E-state index < -0.39 is 32.6 Å². The summed E-state index contributed by atoms with van der Waals surface area (Å²) in [6.07, 6.45) is -10.5. The summed E-state index contributed by atoms with van der Waals surface area (Å²) in [7, 11) is 3.31. The smallest absolute Gasteiger partial charge is 0.478 e. The number of hydrogen-bond donors (Lipinski definition) is 1. The molecule has 6 nitrogen and oxygen atoms in total. The monoisotopic (exact) mass is 498 g/mol. The van der Waals surface area contributed by atoms with E-state index in [1.807, 2.05) is 30.3 Å². The van der Waals surface area contributed by atoms with Crippen molar-refractivity contribution in [2.24, 2.45) is 4.99 Å². The molecule has 2 N–H and O–H groups in total. The Morgan fingerprint density at radius 1 is 0.962 bits per heavy atom. The standard InChI is InChI=1S/C5H5.C4H2F6N3.C3H10O3P.Ru/c1-2-4-5-3-1;5-3(6,7)1(11)13-2(12)4(8,9)10;1-4-7(5-2)6-3;/h1-5H;(H2-,11,12,13);7H,1-3H3;/q2*-1;+1;+6. The fraction of sp³-hybridized carbons (Fsp3) is 0.417. The number of aliphatic imine (C=N–C) groups is 1. The van der Waals surface area contributed by atoms with Gasteiger partial charge in [-0.25, -0.2) is 12.1 Å². The van der Waals surface area contributed by atoms with Gasteiger partial charge in [-0.3, -0.25) is 0 Å². The van der Waals surface area contributed by atoms with Gasteiger partial charge in [0.1, 0.15) is 5.84 Å². The molecule has 26 heavy (non-hydrogen) atoms. The minimum atomic E-state index is -5.27. The Morgan fingerprint density at radius 2 is 1.35 bits per heavy atom. The number of nitrogens with zero attached hydrogens (tertiary/aromatic N) is 1. The van der Waals surface area contributed by atoms with Crippen LogP contribution in [0, 0.1) is 5.41 Å². The van der Waals surface area contributed by atoms with Crippen molar-refractivity contribution in [3.05, 3.63) is 36.1 Å². The van der Waals surface area contributed by atoms with Crippen LogP contribution >= 0.6 is 8.60 Å². The number of hydrogen-bond acceptors (Lipinski definition) is 4. The summed E-state index contributed by atoms with van der Waals surface area (Å²) in [4.78, 5) is 1.74. The van der Waals surface area contributed by atoms with Crippen molar-refractivity contribution >= 4 is 20.3 Å². The molecule has 0 aromatic heterocycles. The van der Waals surface area contributed by atoms with Crippen LogP contribution in [0.2, 0.25) is 0 Å². The topological polar surface area (TPSA) is 87.7 Å². The van der Waals surface area contributed by atoms with Crippen molar-refractivity contribution in [1.82, 2.24) is 0 Å². The molecule has 0 aliphatic heterocycles. The molecular weight excluding hydrogens is 480 g/mol. The van der Waals surface area contributed by atoms with Gasteiger partial charge < -0.3 is 16.1 Å². The molecule has 148 valence electrons. The van der Waals surface area contributed by atoms with E-state index in [9.17, 15) is 26.3 Å². The van der Waals surface area contributed by atoms with Gasteiger partial charge in [0.2, 0.25) is 0 Å². The first-order valence-corrected chi connectivity index (χ1v) is 7.31. The zero-order chi connectivity index (χ0) is 20.1. The van der Waals surface area contributed by atoms with Crippen molar-refractivity contribution in [3.63, 3.8) is 0 Å². The number of rotatable bonds is 3. The van der Waals surface area contributed by atoms with E-state index in [0.29, 0.717) is 0 Å². The molecule has 0 saturated carbocycles. The van der Waals surface area contributed by atoms with Crippen molar-refractivity contribution in [1.29, 1.82) is 5.41 Å². The molecule has 1 rings (SSSR count). The third kappa shape index (κ3) is 16.5. The van der Waals surface area contributed by atoms with E-state index in [1.165, 1.54) is 0 Å². The minimum Gasteiger partial charge on any atom is -0.478 e. The van der Waals surface area contributed by atoms with Crippen molar-refractivity contribution in [2.75, 3.05) is 21.3 Å². The molecule has 14 heteroatoms. The molecule has 0 radical (unpaired) electrons. The minimum absolute atomic E-state index is 0. The molecule has 0 atom stereocenters. The van der Waals surface area contributed by atoms with Gasteiger partial charge in [-0.2, -0.15) is 58.1 Å². The Hall–Kier alpha value is -0.997. The third-order valence-electron chi connectivity index (χ3n) is 1.82. The summed E-state index contributed by atoms with van der Waals surface area (Å²) in [5.41, 5.74) is 6.02. The second-order valence-electron chi connectivity index (χ2n) is 3.63. The number of alkyl halides is 6. The number of nitrogens with one attached hydrogen (secondary N) is 2. The predicted octanol–water partition coefficient (Wildman–Crippen LogP) is 4.83. The van der Waals surface area contributed by atoms with Gasteiger partial charge in [0.15, 0.2) is 0 Å². The van der Waals surface area contributed by atoms with Gasteiger partial charge in [0.05, 0.1) is 21.3 Å². The van der Waals surface area contributed by atoms with Gasteiger partial charge >= 0.3 is 40.4 Å². The molecule has 0 unspecified atom stereocenters. The van der Waals surface area contributed by atoms with E-state index in [2.05, 4.69) is 0 Å². The maximum atomic E-state index is 11.4. The molecule has 0 aliphatic rings. The summed E-state index contributed by atoms with van der Waals surface area (Å²) >= 11 is 0. The molecule has 0 bridgehead atoms. The fourth-order valence-corrected chi connectivity index (χ4v) is 1.31. The molecule has 0 aliphatic carbocycles. The summed E-state index contributed by atoms with van der Waals surface area (Å²) < 4.78 is 82.6. The zero-order valence-corrected chi connectivity index (χ0v) is 16.4. The average molecular weight is 497 g/mol. The van der Waals surface area contributed by atoms with Crippen LogP contribution < -0.4 is 0 Å². The second kappa shape index (κ2) is 15.1. The van der Waals surface area contributed by atoms with E-state index in [0.717, 1.165) is 0 Å². The maximum Gasteiger partial charge on any atom is 6.00 e. The Kier molecular flexibility index (Phi) is 17.3. The first kappa shape index (κ1) is 29.8. The van der Waals surface area contributed by atoms with Gasteiger partial charge in [0, 0.05) is 5.84 Å². The van der Waals surface area contributed by atoms with E-state index >= 15 is 0 Å². The fourth-order valence-electron chi connectivity index (χ4n) is 0.809. The van der Waals surface area contributed by atoms with E-state index in [1.54, 1.807) is 26.3 Å². The molecule has 0 spiro atoms. The Bertz CT molecular complexity index is 471. The summed E-state index contributed by atoms with van der Waals surface area (Å²) in [5, 5.41) is 6.02. The molecule has 0 fully saturated rings.